The van der Waals surface area contributed by atoms with Crippen molar-refractivity contribution in [3.05, 3.63) is 29.3 Å². The zero-order chi connectivity index (χ0) is 15.3. The van der Waals surface area contributed by atoms with Crippen LogP contribution >= 0.6 is 23.4 Å². The van der Waals surface area contributed by atoms with Crippen molar-refractivity contribution in [2.24, 2.45) is 0 Å². The van der Waals surface area contributed by atoms with Gasteiger partial charge < -0.3 is 5.32 Å². The van der Waals surface area contributed by atoms with E-state index in [1.54, 1.807) is 0 Å². The van der Waals surface area contributed by atoms with Crippen LogP contribution in [0.4, 0.5) is 0 Å². The van der Waals surface area contributed by atoms with Crippen LogP contribution < -0.4 is 5.32 Å². The standard InChI is InChI=1S/C18H30ClNS/c1-3-5-6-7-8-11-16(20-14-4-2)15-21-18-13-10-9-12-17(18)19/h9-10,12-13,16,20H,3-8,11,14-15H2,1-2H3. The molecule has 1 unspecified atom stereocenters. The van der Waals surface area contributed by atoms with Crippen molar-refractivity contribution < 1.29 is 0 Å². The Morgan fingerprint density at radius 3 is 2.52 bits per heavy atom. The van der Waals surface area contributed by atoms with Crippen molar-refractivity contribution in [2.45, 2.75) is 69.7 Å². The van der Waals surface area contributed by atoms with Crippen LogP contribution in [0.2, 0.25) is 5.02 Å². The second-order valence-corrected chi connectivity index (χ2v) is 7.06. The van der Waals surface area contributed by atoms with E-state index in [-0.39, 0.29) is 0 Å². The van der Waals surface area contributed by atoms with Crippen LogP contribution in [0.3, 0.4) is 0 Å². The first-order chi connectivity index (χ1) is 10.3. The molecule has 0 fully saturated rings. The summed E-state index contributed by atoms with van der Waals surface area (Å²) in [5, 5.41) is 4.56. The van der Waals surface area contributed by atoms with E-state index in [9.17, 15) is 0 Å². The van der Waals surface area contributed by atoms with Gasteiger partial charge in [-0.1, -0.05) is 69.7 Å². The van der Waals surface area contributed by atoms with Crippen LogP contribution in [0.5, 0.6) is 0 Å². The monoisotopic (exact) mass is 327 g/mol. The van der Waals surface area contributed by atoms with Gasteiger partial charge in [-0.2, -0.15) is 0 Å². The Bertz CT molecular complexity index is 370. The van der Waals surface area contributed by atoms with Gasteiger partial charge in [-0.05, 0) is 31.5 Å². The predicted molar refractivity (Wildman–Crippen MR) is 97.6 cm³/mol. The highest BCUT2D eigenvalue weighted by Gasteiger charge is 2.09. The van der Waals surface area contributed by atoms with E-state index in [4.69, 9.17) is 11.6 Å². The van der Waals surface area contributed by atoms with Gasteiger partial charge in [0.2, 0.25) is 0 Å². The molecular formula is C18H30ClNS. The maximum Gasteiger partial charge on any atom is 0.0541 e. The molecule has 3 heteroatoms. The maximum atomic E-state index is 6.23. The first-order valence-electron chi connectivity index (χ1n) is 8.38. The molecule has 0 heterocycles. The van der Waals surface area contributed by atoms with Crippen molar-refractivity contribution in [3.8, 4) is 0 Å². The number of nitrogens with one attached hydrogen (secondary N) is 1. The van der Waals surface area contributed by atoms with Crippen molar-refractivity contribution in [2.75, 3.05) is 12.3 Å². The summed E-state index contributed by atoms with van der Waals surface area (Å²) in [5.41, 5.74) is 0. The van der Waals surface area contributed by atoms with Crippen LogP contribution in [0.1, 0.15) is 58.8 Å². The van der Waals surface area contributed by atoms with Gasteiger partial charge >= 0.3 is 0 Å². The lowest BCUT2D eigenvalue weighted by molar-refractivity contribution is 0.485. The molecule has 1 atom stereocenters. The number of rotatable bonds is 12. The smallest absolute Gasteiger partial charge is 0.0541 e. The summed E-state index contributed by atoms with van der Waals surface area (Å²) < 4.78 is 0. The van der Waals surface area contributed by atoms with E-state index in [1.165, 1.54) is 49.8 Å². The minimum atomic E-state index is 0.604. The van der Waals surface area contributed by atoms with Gasteiger partial charge in [-0.15, -0.1) is 11.8 Å². The molecule has 1 rings (SSSR count). The normalized spacial score (nSPS) is 12.5. The lowest BCUT2D eigenvalue weighted by atomic mass is 10.1. The van der Waals surface area contributed by atoms with Crippen LogP contribution in [-0.2, 0) is 0 Å². The maximum absolute atomic E-state index is 6.23. The molecule has 120 valence electrons. The highest BCUT2D eigenvalue weighted by molar-refractivity contribution is 7.99. The van der Waals surface area contributed by atoms with E-state index in [1.807, 2.05) is 23.9 Å². The van der Waals surface area contributed by atoms with E-state index >= 15 is 0 Å². The van der Waals surface area contributed by atoms with Crippen LogP contribution in [0.15, 0.2) is 29.2 Å². The van der Waals surface area contributed by atoms with Gasteiger partial charge in [0.05, 0.1) is 5.02 Å². The summed E-state index contributed by atoms with van der Waals surface area (Å²) >= 11 is 8.11. The van der Waals surface area contributed by atoms with Crippen LogP contribution in [-0.4, -0.2) is 18.3 Å². The molecule has 0 spiro atoms. The SMILES string of the molecule is CCCCCCCC(CSc1ccccc1Cl)NCCC. The average molecular weight is 328 g/mol. The number of hydrogen-bond acceptors (Lipinski definition) is 2. The summed E-state index contributed by atoms with van der Waals surface area (Å²) in [6, 6.07) is 8.75. The first-order valence-corrected chi connectivity index (χ1v) is 9.75. The lowest BCUT2D eigenvalue weighted by Crippen LogP contribution is -2.31. The number of hydrogen-bond donors (Lipinski definition) is 1. The number of benzene rings is 1. The zero-order valence-corrected chi connectivity index (χ0v) is 15.1. The summed E-state index contributed by atoms with van der Waals surface area (Å²) in [7, 11) is 0. The number of thioether (sulfide) groups is 1. The summed E-state index contributed by atoms with van der Waals surface area (Å²) in [5.74, 6) is 1.11. The van der Waals surface area contributed by atoms with Crippen molar-refractivity contribution >= 4 is 23.4 Å². The third kappa shape index (κ3) is 8.75. The Labute approximate surface area is 140 Å². The van der Waals surface area contributed by atoms with Gasteiger partial charge in [0.25, 0.3) is 0 Å². The van der Waals surface area contributed by atoms with Crippen LogP contribution in [0, 0.1) is 0 Å². The number of halogens is 1. The van der Waals surface area contributed by atoms with Gasteiger partial charge in [0.1, 0.15) is 0 Å². The molecule has 0 bridgehead atoms. The Kier molecular flexibility index (Phi) is 11.1. The van der Waals surface area contributed by atoms with Crippen molar-refractivity contribution in [1.29, 1.82) is 0 Å². The fourth-order valence-electron chi connectivity index (χ4n) is 2.34. The molecule has 0 aliphatic carbocycles. The molecular weight excluding hydrogens is 298 g/mol. The highest BCUT2D eigenvalue weighted by Crippen LogP contribution is 2.27. The molecule has 0 radical (unpaired) electrons. The largest absolute Gasteiger partial charge is 0.313 e. The molecule has 0 saturated carbocycles. The second kappa shape index (κ2) is 12.4. The first kappa shape index (κ1) is 18.9. The van der Waals surface area contributed by atoms with E-state index in [0.717, 1.165) is 17.3 Å². The minimum Gasteiger partial charge on any atom is -0.313 e. The minimum absolute atomic E-state index is 0.604. The average Bonchev–Trinajstić information content (AvgIpc) is 2.50. The molecule has 1 aromatic carbocycles. The van der Waals surface area contributed by atoms with Gasteiger partial charge in [-0.3, -0.25) is 0 Å². The Morgan fingerprint density at radius 1 is 1.05 bits per heavy atom. The predicted octanol–water partition coefficient (Wildman–Crippen LogP) is 6.16. The molecule has 1 aromatic rings. The van der Waals surface area contributed by atoms with E-state index in [2.05, 4.69) is 31.3 Å². The Hall–Kier alpha value is -0.180. The Balaban J connectivity index is 2.33. The van der Waals surface area contributed by atoms with Gasteiger partial charge in [-0.25, -0.2) is 0 Å². The lowest BCUT2D eigenvalue weighted by Gasteiger charge is -2.18. The molecule has 0 amide bonds. The summed E-state index contributed by atoms with van der Waals surface area (Å²) in [6.07, 6.45) is 9.26. The molecule has 21 heavy (non-hydrogen) atoms. The molecule has 1 N–H and O–H groups in total. The fourth-order valence-corrected chi connectivity index (χ4v) is 3.68. The quantitative estimate of drug-likeness (QED) is 0.364. The molecule has 0 aromatic heterocycles. The van der Waals surface area contributed by atoms with Crippen molar-refractivity contribution in [1.82, 2.24) is 5.32 Å². The zero-order valence-electron chi connectivity index (χ0n) is 13.5. The van der Waals surface area contributed by atoms with Gasteiger partial charge in [0, 0.05) is 16.7 Å². The summed E-state index contributed by atoms with van der Waals surface area (Å²) in [4.78, 5) is 1.20. The third-order valence-electron chi connectivity index (χ3n) is 3.62. The second-order valence-electron chi connectivity index (χ2n) is 5.60. The summed E-state index contributed by atoms with van der Waals surface area (Å²) in [6.45, 7) is 5.61. The number of unbranched alkanes of at least 4 members (excludes halogenated alkanes) is 4. The van der Waals surface area contributed by atoms with E-state index in [0.29, 0.717) is 6.04 Å². The fraction of sp³-hybridized carbons (Fsp3) is 0.667. The topological polar surface area (TPSA) is 12.0 Å². The molecule has 0 saturated heterocycles. The molecule has 0 aliphatic rings. The molecule has 1 nitrogen and oxygen atoms in total. The molecule has 0 aliphatic heterocycles. The Morgan fingerprint density at radius 2 is 1.81 bits per heavy atom. The van der Waals surface area contributed by atoms with Crippen LogP contribution in [0.25, 0.3) is 0 Å². The third-order valence-corrected chi connectivity index (χ3v) is 5.29. The van der Waals surface area contributed by atoms with Gasteiger partial charge in [0.15, 0.2) is 0 Å². The van der Waals surface area contributed by atoms with E-state index < -0.39 is 0 Å². The highest BCUT2D eigenvalue weighted by atomic mass is 35.5. The van der Waals surface area contributed by atoms with Crippen molar-refractivity contribution in [3.63, 3.8) is 0 Å².